The summed E-state index contributed by atoms with van der Waals surface area (Å²) in [6.07, 6.45) is 1.70. The first-order valence-electron chi connectivity index (χ1n) is 4.82. The highest BCUT2D eigenvalue weighted by molar-refractivity contribution is 5.82. The van der Waals surface area contributed by atoms with Crippen LogP contribution in [0.15, 0.2) is 12.3 Å². The lowest BCUT2D eigenvalue weighted by Gasteiger charge is -2.16. The van der Waals surface area contributed by atoms with Gasteiger partial charge in [0.2, 0.25) is 0 Å². The summed E-state index contributed by atoms with van der Waals surface area (Å²) in [4.78, 5) is 19.9. The summed E-state index contributed by atoms with van der Waals surface area (Å²) < 4.78 is 0. The Morgan fingerprint density at radius 1 is 1.43 bits per heavy atom. The Kier molecular flexibility index (Phi) is 3.33. The second-order valence-electron chi connectivity index (χ2n) is 3.89. The van der Waals surface area contributed by atoms with Crippen LogP contribution in [0.2, 0.25) is 0 Å². The molecule has 1 aromatic heterocycles. The molecule has 0 bridgehead atoms. The van der Waals surface area contributed by atoms with Gasteiger partial charge in [0.05, 0.1) is 5.92 Å². The van der Waals surface area contributed by atoms with Crippen LogP contribution < -0.4 is 0 Å². The maximum Gasteiger partial charge on any atom is 0.140 e. The van der Waals surface area contributed by atoms with E-state index in [4.69, 9.17) is 0 Å². The molecule has 1 heterocycles. The van der Waals surface area contributed by atoms with Gasteiger partial charge in [0, 0.05) is 11.9 Å². The fraction of sp³-hybridized carbons (Fsp3) is 0.545. The molecular weight excluding hydrogens is 176 g/mol. The molecule has 0 aliphatic heterocycles. The molecule has 3 heteroatoms. The smallest absolute Gasteiger partial charge is 0.140 e. The van der Waals surface area contributed by atoms with E-state index in [0.717, 1.165) is 5.69 Å². The van der Waals surface area contributed by atoms with Gasteiger partial charge in [-0.05, 0) is 25.8 Å². The number of carbonyl (C=O) groups excluding carboxylic acids is 1. The van der Waals surface area contributed by atoms with Gasteiger partial charge >= 0.3 is 0 Å². The molecular formula is C11H16N2O. The van der Waals surface area contributed by atoms with Crippen molar-refractivity contribution in [2.24, 2.45) is 5.92 Å². The summed E-state index contributed by atoms with van der Waals surface area (Å²) in [5.41, 5.74) is 0.905. The van der Waals surface area contributed by atoms with Gasteiger partial charge in [0.15, 0.2) is 0 Å². The van der Waals surface area contributed by atoms with Gasteiger partial charge in [0.25, 0.3) is 0 Å². The van der Waals surface area contributed by atoms with Gasteiger partial charge in [0.1, 0.15) is 11.6 Å². The minimum absolute atomic E-state index is 0.130. The van der Waals surface area contributed by atoms with Crippen LogP contribution in [0.25, 0.3) is 0 Å². The molecule has 0 spiro atoms. The van der Waals surface area contributed by atoms with E-state index in [1.807, 2.05) is 26.8 Å². The fourth-order valence-corrected chi connectivity index (χ4v) is 1.57. The molecule has 0 aromatic carbocycles. The van der Waals surface area contributed by atoms with Crippen LogP contribution in [0.4, 0.5) is 0 Å². The minimum atomic E-state index is -0.171. The third kappa shape index (κ3) is 2.37. The number of Topliss-reactive ketones (excluding diaryl/α,β-unsaturated/α-hetero) is 1. The molecule has 0 fully saturated rings. The van der Waals surface area contributed by atoms with Gasteiger partial charge in [-0.1, -0.05) is 13.8 Å². The highest BCUT2D eigenvalue weighted by Gasteiger charge is 2.23. The van der Waals surface area contributed by atoms with E-state index < -0.39 is 0 Å². The first-order chi connectivity index (χ1) is 6.52. The summed E-state index contributed by atoms with van der Waals surface area (Å²) in [5, 5.41) is 0. The number of hydrogen-bond donors (Lipinski definition) is 0. The standard InChI is InChI=1S/C11H16N2O/c1-7(2)10(9(4)14)11-12-6-5-8(3)13-11/h5-7,10H,1-4H3. The monoisotopic (exact) mass is 192 g/mol. The number of aryl methyl sites for hydroxylation is 1. The Labute approximate surface area is 84.6 Å². The predicted octanol–water partition coefficient (Wildman–Crippen LogP) is 2.11. The van der Waals surface area contributed by atoms with E-state index in [0.29, 0.717) is 5.82 Å². The molecule has 1 rings (SSSR count). The summed E-state index contributed by atoms with van der Waals surface area (Å²) in [5.74, 6) is 0.849. The maximum atomic E-state index is 11.4. The molecule has 14 heavy (non-hydrogen) atoms. The third-order valence-corrected chi connectivity index (χ3v) is 2.20. The predicted molar refractivity (Wildman–Crippen MR) is 55.0 cm³/mol. The van der Waals surface area contributed by atoms with E-state index in [9.17, 15) is 4.79 Å². The zero-order chi connectivity index (χ0) is 10.7. The van der Waals surface area contributed by atoms with Crippen LogP contribution in [0.1, 0.15) is 38.2 Å². The van der Waals surface area contributed by atoms with Gasteiger partial charge in [-0.15, -0.1) is 0 Å². The molecule has 0 saturated heterocycles. The summed E-state index contributed by atoms with van der Waals surface area (Å²) in [7, 11) is 0. The molecule has 1 aromatic rings. The zero-order valence-corrected chi connectivity index (χ0v) is 9.11. The van der Waals surface area contributed by atoms with Crippen molar-refractivity contribution < 1.29 is 4.79 Å². The second-order valence-corrected chi connectivity index (χ2v) is 3.89. The van der Waals surface area contributed by atoms with Crippen LogP contribution in [0.5, 0.6) is 0 Å². The number of rotatable bonds is 3. The molecule has 0 aliphatic carbocycles. The number of ketones is 1. The quantitative estimate of drug-likeness (QED) is 0.736. The van der Waals surface area contributed by atoms with Crippen LogP contribution in [0.3, 0.4) is 0 Å². The van der Waals surface area contributed by atoms with Gasteiger partial charge < -0.3 is 0 Å². The Hall–Kier alpha value is -1.25. The largest absolute Gasteiger partial charge is 0.299 e. The highest BCUT2D eigenvalue weighted by atomic mass is 16.1. The molecule has 76 valence electrons. The van der Waals surface area contributed by atoms with Crippen molar-refractivity contribution in [3.05, 3.63) is 23.8 Å². The number of carbonyl (C=O) groups is 1. The van der Waals surface area contributed by atoms with E-state index in [1.54, 1.807) is 13.1 Å². The van der Waals surface area contributed by atoms with E-state index in [-0.39, 0.29) is 17.6 Å². The van der Waals surface area contributed by atoms with Crippen LogP contribution in [0, 0.1) is 12.8 Å². The normalized spacial score (nSPS) is 12.9. The molecule has 1 atom stereocenters. The van der Waals surface area contributed by atoms with Crippen LogP contribution in [-0.2, 0) is 4.79 Å². The van der Waals surface area contributed by atoms with Gasteiger partial charge in [-0.2, -0.15) is 0 Å². The third-order valence-electron chi connectivity index (χ3n) is 2.20. The van der Waals surface area contributed by atoms with Crippen molar-refractivity contribution in [2.75, 3.05) is 0 Å². The Balaban J connectivity index is 3.05. The molecule has 1 unspecified atom stereocenters. The topological polar surface area (TPSA) is 42.9 Å². The number of hydrogen-bond acceptors (Lipinski definition) is 3. The number of nitrogens with zero attached hydrogens (tertiary/aromatic N) is 2. The minimum Gasteiger partial charge on any atom is -0.299 e. The zero-order valence-electron chi connectivity index (χ0n) is 9.11. The summed E-state index contributed by atoms with van der Waals surface area (Å²) in [6, 6.07) is 1.83. The van der Waals surface area contributed by atoms with Crippen molar-refractivity contribution >= 4 is 5.78 Å². The van der Waals surface area contributed by atoms with Gasteiger partial charge in [-0.3, -0.25) is 4.79 Å². The van der Waals surface area contributed by atoms with E-state index >= 15 is 0 Å². The van der Waals surface area contributed by atoms with Crippen molar-refractivity contribution in [1.29, 1.82) is 0 Å². The van der Waals surface area contributed by atoms with Crippen molar-refractivity contribution in [3.63, 3.8) is 0 Å². The SMILES string of the molecule is CC(=O)C(c1nccc(C)n1)C(C)C. The Bertz CT molecular complexity index is 334. The molecule has 0 amide bonds. The highest BCUT2D eigenvalue weighted by Crippen LogP contribution is 2.21. The molecule has 0 N–H and O–H groups in total. The lowest BCUT2D eigenvalue weighted by molar-refractivity contribution is -0.119. The van der Waals surface area contributed by atoms with Crippen molar-refractivity contribution in [3.8, 4) is 0 Å². The fourth-order valence-electron chi connectivity index (χ4n) is 1.57. The lowest BCUT2D eigenvalue weighted by Crippen LogP contribution is -2.18. The number of aromatic nitrogens is 2. The molecule has 0 saturated carbocycles. The Morgan fingerprint density at radius 3 is 2.50 bits per heavy atom. The second kappa shape index (κ2) is 4.31. The molecule has 3 nitrogen and oxygen atoms in total. The first kappa shape index (κ1) is 10.8. The molecule has 0 radical (unpaired) electrons. The van der Waals surface area contributed by atoms with Crippen molar-refractivity contribution in [1.82, 2.24) is 9.97 Å². The average molecular weight is 192 g/mol. The van der Waals surface area contributed by atoms with Crippen molar-refractivity contribution in [2.45, 2.75) is 33.6 Å². The van der Waals surface area contributed by atoms with E-state index in [2.05, 4.69) is 9.97 Å². The van der Waals surface area contributed by atoms with Crippen LogP contribution >= 0.6 is 0 Å². The summed E-state index contributed by atoms with van der Waals surface area (Å²) >= 11 is 0. The molecule has 0 aliphatic rings. The maximum absolute atomic E-state index is 11.4. The summed E-state index contributed by atoms with van der Waals surface area (Å²) in [6.45, 7) is 7.52. The average Bonchev–Trinajstić information content (AvgIpc) is 2.02. The van der Waals surface area contributed by atoms with Crippen LogP contribution in [-0.4, -0.2) is 15.8 Å². The first-order valence-corrected chi connectivity index (χ1v) is 4.82. The Morgan fingerprint density at radius 2 is 2.07 bits per heavy atom. The van der Waals surface area contributed by atoms with Gasteiger partial charge in [-0.25, -0.2) is 9.97 Å². The van der Waals surface area contributed by atoms with E-state index in [1.165, 1.54) is 0 Å². The lowest BCUT2D eigenvalue weighted by atomic mass is 9.91.